The number of aldehydes is 1. The summed E-state index contributed by atoms with van der Waals surface area (Å²) in [6.07, 6.45) is 3.64. The van der Waals surface area contributed by atoms with Crippen LogP contribution in [0.25, 0.3) is 0 Å². The van der Waals surface area contributed by atoms with E-state index in [1.54, 1.807) is 29.2 Å². The van der Waals surface area contributed by atoms with Crippen LogP contribution in [-0.2, 0) is 32.0 Å². The van der Waals surface area contributed by atoms with Gasteiger partial charge in [0.05, 0.1) is 12.1 Å². The molecule has 2 saturated heterocycles. The minimum Gasteiger partial charge on any atom is -0.343 e. The van der Waals surface area contributed by atoms with E-state index < -0.39 is 12.1 Å². The number of amides is 3. The van der Waals surface area contributed by atoms with Gasteiger partial charge >= 0.3 is 0 Å². The van der Waals surface area contributed by atoms with Crippen molar-refractivity contribution < 1.29 is 23.6 Å². The van der Waals surface area contributed by atoms with Gasteiger partial charge in [-0.25, -0.2) is 4.39 Å². The van der Waals surface area contributed by atoms with E-state index in [0.717, 1.165) is 24.8 Å². The van der Waals surface area contributed by atoms with E-state index in [0.29, 0.717) is 55.2 Å². The third kappa shape index (κ3) is 9.47. The van der Waals surface area contributed by atoms with Crippen molar-refractivity contribution in [1.82, 2.24) is 20.4 Å². The van der Waals surface area contributed by atoms with E-state index in [1.807, 2.05) is 42.5 Å². The van der Waals surface area contributed by atoms with Crippen molar-refractivity contribution >= 4 is 41.3 Å². The third-order valence-electron chi connectivity index (χ3n) is 8.89. The van der Waals surface area contributed by atoms with Gasteiger partial charge in [-0.15, -0.1) is 0 Å². The molecule has 2 aliphatic heterocycles. The number of anilines is 1. The summed E-state index contributed by atoms with van der Waals surface area (Å²) in [6, 6.07) is 20.3. The molecule has 0 radical (unpaired) electrons. The number of benzene rings is 3. The molecule has 0 aliphatic carbocycles. The Balaban J connectivity index is 1.37. The number of rotatable bonds is 13. The molecule has 0 aromatic heterocycles. The first kappa shape index (κ1) is 34.2. The van der Waals surface area contributed by atoms with Gasteiger partial charge in [0.25, 0.3) is 0 Å². The van der Waals surface area contributed by atoms with Crippen LogP contribution in [-0.4, -0.2) is 84.2 Å². The van der Waals surface area contributed by atoms with Crippen molar-refractivity contribution in [1.29, 1.82) is 0 Å². The number of hydrogen-bond donors (Lipinski definition) is 3. The number of piperazine rings is 1. The average Bonchev–Trinajstić information content (AvgIpc) is 3.63. The summed E-state index contributed by atoms with van der Waals surface area (Å²) < 4.78 is 13.7. The third-order valence-corrected chi connectivity index (χ3v) is 9.14. The number of carbonyl (C=O) groups excluding carboxylic acids is 4. The second kappa shape index (κ2) is 16.6. The molecule has 0 saturated carbocycles. The van der Waals surface area contributed by atoms with Crippen molar-refractivity contribution in [3.63, 3.8) is 0 Å². The fourth-order valence-electron chi connectivity index (χ4n) is 6.38. The molecule has 5 rings (SSSR count). The highest BCUT2D eigenvalue weighted by Gasteiger charge is 2.39. The summed E-state index contributed by atoms with van der Waals surface area (Å²) >= 11 is 6.13. The minimum atomic E-state index is -0.883. The fourth-order valence-corrected chi connectivity index (χ4v) is 6.50. The number of halogens is 2. The van der Waals surface area contributed by atoms with Gasteiger partial charge in [-0.3, -0.25) is 19.3 Å². The average molecular weight is 662 g/mol. The summed E-state index contributed by atoms with van der Waals surface area (Å²) in [5.74, 6) is -1.07. The van der Waals surface area contributed by atoms with E-state index >= 15 is 0 Å². The number of para-hydroxylation sites is 1. The molecule has 3 aromatic rings. The Kier molecular flexibility index (Phi) is 12.1. The van der Waals surface area contributed by atoms with Gasteiger partial charge < -0.3 is 25.6 Å². The number of hydrogen-bond acceptors (Lipinski definition) is 6. The molecular weight excluding hydrogens is 621 g/mol. The van der Waals surface area contributed by atoms with E-state index in [4.69, 9.17) is 11.6 Å². The molecule has 9 nitrogen and oxygen atoms in total. The highest BCUT2D eigenvalue weighted by atomic mass is 35.5. The lowest BCUT2D eigenvalue weighted by Crippen LogP contribution is -2.63. The summed E-state index contributed by atoms with van der Waals surface area (Å²) in [5.41, 5.74) is 2.34. The molecule has 0 bridgehead atoms. The fraction of sp³-hybridized carbons (Fsp3) is 0.389. The molecule has 2 heterocycles. The van der Waals surface area contributed by atoms with Crippen molar-refractivity contribution in [3.05, 3.63) is 101 Å². The van der Waals surface area contributed by atoms with Gasteiger partial charge in [0, 0.05) is 49.2 Å². The quantitative estimate of drug-likeness (QED) is 0.239. The van der Waals surface area contributed by atoms with Crippen molar-refractivity contribution in [2.45, 2.75) is 62.7 Å². The number of nitrogens with one attached hydrogen (secondary N) is 3. The topological polar surface area (TPSA) is 111 Å². The Morgan fingerprint density at radius 1 is 0.957 bits per heavy atom. The lowest BCUT2D eigenvalue weighted by molar-refractivity contribution is -0.142. The van der Waals surface area contributed by atoms with E-state index in [1.165, 1.54) is 12.1 Å². The lowest BCUT2D eigenvalue weighted by Gasteiger charge is -2.45. The molecule has 11 heteroatoms. The van der Waals surface area contributed by atoms with Crippen molar-refractivity contribution in [2.24, 2.45) is 0 Å². The minimum absolute atomic E-state index is 0.175. The molecule has 3 unspecified atom stereocenters. The Bertz CT molecular complexity index is 1500. The molecule has 3 amide bonds. The molecule has 4 atom stereocenters. The van der Waals surface area contributed by atoms with Gasteiger partial charge in [-0.2, -0.15) is 0 Å². The molecule has 0 spiro atoms. The smallest absolute Gasteiger partial charge is 0.245 e. The monoisotopic (exact) mass is 661 g/mol. The molecule has 2 fully saturated rings. The Morgan fingerprint density at radius 2 is 1.66 bits per heavy atom. The maximum atomic E-state index is 14.3. The van der Waals surface area contributed by atoms with Crippen LogP contribution >= 0.6 is 11.6 Å². The number of nitrogens with zero attached hydrogens (tertiary/aromatic N) is 2. The lowest BCUT2D eigenvalue weighted by atomic mass is 9.97. The standard InChI is InChI=1S/C36H41ClFN5O4/c37-27-14-10-26(11-15-27)23-33(35(46)40-29-6-2-1-3-7-29)42-19-20-43(30(24-42)8-5-21-44)36(47)32(22-25-12-16-28(38)17-13-25)41-34(45)31-9-4-18-39-31/h1-3,6-7,10-17,21,30-33,39H,4-5,8-9,18-20,22-24H2,(H,40,46)(H,41,45)/t30-,31?,32?,33?/m0/s1. The molecular formula is C36H41ClFN5O4. The predicted octanol–water partition coefficient (Wildman–Crippen LogP) is 4.00. The van der Waals surface area contributed by atoms with Gasteiger partial charge in [-0.1, -0.05) is 54.1 Å². The van der Waals surface area contributed by atoms with Crippen LogP contribution in [0.1, 0.15) is 36.8 Å². The largest absolute Gasteiger partial charge is 0.343 e. The second-order valence-electron chi connectivity index (χ2n) is 12.2. The van der Waals surface area contributed by atoms with Gasteiger partial charge in [0.2, 0.25) is 17.7 Å². The zero-order valence-electron chi connectivity index (χ0n) is 26.2. The SMILES string of the molecule is O=CCC[C@H]1CN(C(Cc2ccc(Cl)cc2)C(=O)Nc2ccccc2)CCN1C(=O)C(Cc1ccc(F)cc1)NC(=O)C1CCCN1. The van der Waals surface area contributed by atoms with E-state index in [-0.39, 0.29) is 48.5 Å². The Morgan fingerprint density at radius 3 is 2.34 bits per heavy atom. The van der Waals surface area contributed by atoms with Crippen molar-refractivity contribution in [2.75, 3.05) is 31.5 Å². The maximum absolute atomic E-state index is 14.3. The predicted molar refractivity (Wildman–Crippen MR) is 179 cm³/mol. The van der Waals surface area contributed by atoms with Crippen LogP contribution in [0.3, 0.4) is 0 Å². The molecule has 2 aliphatic rings. The molecule has 248 valence electrons. The van der Waals surface area contributed by atoms with Crippen molar-refractivity contribution in [3.8, 4) is 0 Å². The summed E-state index contributed by atoms with van der Waals surface area (Å²) in [4.78, 5) is 56.6. The second-order valence-corrected chi connectivity index (χ2v) is 12.6. The first-order valence-corrected chi connectivity index (χ1v) is 16.5. The van der Waals surface area contributed by atoms with Crippen LogP contribution < -0.4 is 16.0 Å². The molecule has 3 aromatic carbocycles. The maximum Gasteiger partial charge on any atom is 0.245 e. The summed E-state index contributed by atoms with van der Waals surface area (Å²) in [6.45, 7) is 1.81. The molecule has 3 N–H and O–H groups in total. The zero-order valence-corrected chi connectivity index (χ0v) is 27.0. The zero-order chi connectivity index (χ0) is 33.2. The van der Waals surface area contributed by atoms with E-state index in [9.17, 15) is 23.6 Å². The first-order valence-electron chi connectivity index (χ1n) is 16.2. The number of carbonyl (C=O) groups is 4. The van der Waals surface area contributed by atoms with Gasteiger partial charge in [0.1, 0.15) is 18.1 Å². The Hall–Kier alpha value is -4.12. The summed E-state index contributed by atoms with van der Waals surface area (Å²) in [7, 11) is 0. The van der Waals surface area contributed by atoms with Crippen LogP contribution in [0.2, 0.25) is 5.02 Å². The van der Waals surface area contributed by atoms with Crippen LogP contribution in [0.15, 0.2) is 78.9 Å². The summed E-state index contributed by atoms with van der Waals surface area (Å²) in [5, 5.41) is 9.79. The van der Waals surface area contributed by atoms with Gasteiger partial charge in [0.15, 0.2) is 0 Å². The Labute approximate surface area is 279 Å². The van der Waals surface area contributed by atoms with Crippen LogP contribution in [0, 0.1) is 5.82 Å². The van der Waals surface area contributed by atoms with E-state index in [2.05, 4.69) is 20.9 Å². The first-order chi connectivity index (χ1) is 22.8. The highest BCUT2D eigenvalue weighted by Crippen LogP contribution is 2.23. The highest BCUT2D eigenvalue weighted by molar-refractivity contribution is 6.30. The van der Waals surface area contributed by atoms with Gasteiger partial charge in [-0.05, 0) is 79.8 Å². The van der Waals surface area contributed by atoms with Crippen LogP contribution in [0.4, 0.5) is 10.1 Å². The molecule has 47 heavy (non-hydrogen) atoms. The van der Waals surface area contributed by atoms with Crippen LogP contribution in [0.5, 0.6) is 0 Å². The normalized spacial score (nSPS) is 19.5.